The lowest BCUT2D eigenvalue weighted by molar-refractivity contribution is 0.102. The van der Waals surface area contributed by atoms with Gasteiger partial charge >= 0.3 is 5.63 Å². The van der Waals surface area contributed by atoms with Crippen molar-refractivity contribution in [2.24, 2.45) is 0 Å². The predicted octanol–water partition coefficient (Wildman–Crippen LogP) is 5.63. The van der Waals surface area contributed by atoms with Crippen molar-refractivity contribution in [3.63, 3.8) is 0 Å². The van der Waals surface area contributed by atoms with Gasteiger partial charge in [-0.25, -0.2) is 4.79 Å². The van der Waals surface area contributed by atoms with Gasteiger partial charge in [0.25, 0.3) is 5.91 Å². The van der Waals surface area contributed by atoms with E-state index in [-0.39, 0.29) is 5.56 Å². The Kier molecular flexibility index (Phi) is 5.99. The number of carbonyl (C=O) groups is 1. The molecule has 33 heavy (non-hydrogen) atoms. The van der Waals surface area contributed by atoms with E-state index in [1.807, 2.05) is 24.3 Å². The van der Waals surface area contributed by atoms with E-state index in [2.05, 4.69) is 52.3 Å². The molecule has 0 bridgehead atoms. The number of nitrogens with zero attached hydrogens (tertiary/aromatic N) is 3. The highest BCUT2D eigenvalue weighted by molar-refractivity contribution is 9.11. The third-order valence-electron chi connectivity index (χ3n) is 5.52. The Labute approximate surface area is 206 Å². The molecule has 166 valence electrons. The number of rotatable bonds is 4. The van der Waals surface area contributed by atoms with Crippen molar-refractivity contribution in [3.8, 4) is 11.3 Å². The molecule has 0 aliphatic carbocycles. The van der Waals surface area contributed by atoms with Gasteiger partial charge in [-0.15, -0.1) is 10.2 Å². The summed E-state index contributed by atoms with van der Waals surface area (Å²) in [4.78, 5) is 27.4. The first kappa shape index (κ1) is 21.8. The van der Waals surface area contributed by atoms with Crippen molar-refractivity contribution < 1.29 is 9.21 Å². The van der Waals surface area contributed by atoms with Gasteiger partial charge in [0, 0.05) is 34.2 Å². The maximum absolute atomic E-state index is 12.7. The van der Waals surface area contributed by atoms with E-state index in [4.69, 9.17) is 4.42 Å². The van der Waals surface area contributed by atoms with Gasteiger partial charge in [-0.05, 0) is 71.2 Å². The van der Waals surface area contributed by atoms with E-state index in [0.717, 1.165) is 34.6 Å². The highest BCUT2D eigenvalue weighted by atomic mass is 79.9. The van der Waals surface area contributed by atoms with Crippen LogP contribution in [0.3, 0.4) is 0 Å². The highest BCUT2D eigenvalue weighted by Crippen LogP contribution is 2.28. The lowest BCUT2D eigenvalue weighted by Gasteiger charge is -2.15. The minimum atomic E-state index is -0.701. The first-order valence-electron chi connectivity index (χ1n) is 10.4. The molecule has 1 N–H and O–H groups in total. The van der Waals surface area contributed by atoms with Gasteiger partial charge in [-0.2, -0.15) is 0 Å². The number of hydrogen-bond acceptors (Lipinski definition) is 6. The number of carbonyl (C=O) groups excluding carboxylic acids is 1. The Hall–Kier alpha value is -3.04. The van der Waals surface area contributed by atoms with Crippen molar-refractivity contribution in [2.45, 2.75) is 12.8 Å². The molecule has 0 radical (unpaired) electrons. The molecule has 0 unspecified atom stereocenters. The average Bonchev–Trinajstić information content (AvgIpc) is 3.35. The second-order valence-corrected chi connectivity index (χ2v) is 9.53. The van der Waals surface area contributed by atoms with Gasteiger partial charge in [-0.3, -0.25) is 4.79 Å². The van der Waals surface area contributed by atoms with Gasteiger partial charge < -0.3 is 14.6 Å². The molecule has 5 rings (SSSR count). The zero-order chi connectivity index (χ0) is 22.9. The number of nitrogens with one attached hydrogen (secondary N) is 1. The fourth-order valence-corrected chi connectivity index (χ4v) is 5.17. The second-order valence-electron chi connectivity index (χ2n) is 7.76. The number of benzene rings is 2. The molecule has 9 heteroatoms. The summed E-state index contributed by atoms with van der Waals surface area (Å²) in [5.74, 6) is 0.359. The maximum Gasteiger partial charge on any atom is 0.349 e. The minimum Gasteiger partial charge on any atom is -0.421 e. The zero-order valence-corrected chi connectivity index (χ0v) is 20.5. The van der Waals surface area contributed by atoms with Crippen molar-refractivity contribution in [3.05, 3.63) is 79.5 Å². The standard InChI is InChI=1S/C24H18Br2N4O3/c25-16-11-15-12-18(24(32)33-22(15)19(26)13-16)23(31)27-17-5-3-14(4-6-17)20-7-8-21(29-28-20)30-9-1-2-10-30/h3-8,11-13H,1-2,9-10H2,(H,27,31). The van der Waals surface area contributed by atoms with Gasteiger partial charge in [0.05, 0.1) is 10.2 Å². The van der Waals surface area contributed by atoms with Crippen molar-refractivity contribution in [2.75, 3.05) is 23.3 Å². The van der Waals surface area contributed by atoms with Crippen molar-refractivity contribution >= 4 is 60.2 Å². The molecule has 0 saturated carbocycles. The summed E-state index contributed by atoms with van der Waals surface area (Å²) in [5.41, 5.74) is 1.81. The van der Waals surface area contributed by atoms with Crippen LogP contribution in [0.4, 0.5) is 11.5 Å². The van der Waals surface area contributed by atoms with Crippen LogP contribution in [0.2, 0.25) is 0 Å². The SMILES string of the molecule is O=C(Nc1ccc(-c2ccc(N3CCCC3)nn2)cc1)c1cc2cc(Br)cc(Br)c2oc1=O. The summed E-state index contributed by atoms with van der Waals surface area (Å²) in [6.07, 6.45) is 2.37. The molecule has 1 aliphatic heterocycles. The summed E-state index contributed by atoms with van der Waals surface area (Å²) < 4.78 is 6.79. The number of aromatic nitrogens is 2. The summed E-state index contributed by atoms with van der Waals surface area (Å²) in [6.45, 7) is 2.04. The molecule has 1 fully saturated rings. The minimum absolute atomic E-state index is 0.0695. The number of amides is 1. The van der Waals surface area contributed by atoms with Gasteiger partial charge in [0.15, 0.2) is 11.4 Å². The van der Waals surface area contributed by atoms with E-state index >= 15 is 0 Å². The largest absolute Gasteiger partial charge is 0.421 e. The van der Waals surface area contributed by atoms with Crippen molar-refractivity contribution in [1.29, 1.82) is 0 Å². The lowest BCUT2D eigenvalue weighted by atomic mass is 10.1. The fraction of sp³-hybridized carbons (Fsp3) is 0.167. The Balaban J connectivity index is 1.33. The highest BCUT2D eigenvalue weighted by Gasteiger charge is 2.16. The molecular formula is C24H18Br2N4O3. The zero-order valence-electron chi connectivity index (χ0n) is 17.3. The van der Waals surface area contributed by atoms with Crippen LogP contribution in [0.15, 0.2) is 72.8 Å². The van der Waals surface area contributed by atoms with Crippen LogP contribution in [0.25, 0.3) is 22.2 Å². The molecule has 7 nitrogen and oxygen atoms in total. The summed E-state index contributed by atoms with van der Waals surface area (Å²) in [5, 5.41) is 12.1. The third-order valence-corrected chi connectivity index (χ3v) is 6.56. The van der Waals surface area contributed by atoms with Crippen LogP contribution in [0.1, 0.15) is 23.2 Å². The van der Waals surface area contributed by atoms with Crippen LogP contribution in [0.5, 0.6) is 0 Å². The van der Waals surface area contributed by atoms with Gasteiger partial charge in [-0.1, -0.05) is 28.1 Å². The molecule has 4 aromatic rings. The Morgan fingerprint density at radius 1 is 0.970 bits per heavy atom. The van der Waals surface area contributed by atoms with E-state index in [9.17, 15) is 9.59 Å². The Morgan fingerprint density at radius 2 is 1.73 bits per heavy atom. The topological polar surface area (TPSA) is 88.3 Å². The van der Waals surface area contributed by atoms with Gasteiger partial charge in [0.1, 0.15) is 5.56 Å². The molecule has 1 saturated heterocycles. The van der Waals surface area contributed by atoms with Crippen LogP contribution >= 0.6 is 31.9 Å². The van der Waals surface area contributed by atoms with Gasteiger partial charge in [0.2, 0.25) is 0 Å². The predicted molar refractivity (Wildman–Crippen MR) is 135 cm³/mol. The van der Waals surface area contributed by atoms with Crippen LogP contribution in [-0.4, -0.2) is 29.2 Å². The number of hydrogen-bond donors (Lipinski definition) is 1. The number of halogens is 2. The first-order valence-corrected chi connectivity index (χ1v) is 12.0. The Bertz CT molecular complexity index is 1400. The van der Waals surface area contributed by atoms with E-state index < -0.39 is 11.5 Å². The van der Waals surface area contributed by atoms with E-state index in [0.29, 0.717) is 21.1 Å². The second kappa shape index (κ2) is 9.07. The summed E-state index contributed by atoms with van der Waals surface area (Å²) in [7, 11) is 0. The van der Waals surface area contributed by atoms with E-state index in [1.54, 1.807) is 24.3 Å². The Morgan fingerprint density at radius 3 is 2.42 bits per heavy atom. The maximum atomic E-state index is 12.7. The lowest BCUT2D eigenvalue weighted by Crippen LogP contribution is -2.20. The molecule has 1 amide bonds. The summed E-state index contributed by atoms with van der Waals surface area (Å²) in [6, 6.07) is 16.3. The molecule has 1 aliphatic rings. The third kappa shape index (κ3) is 4.56. The summed E-state index contributed by atoms with van der Waals surface area (Å²) >= 11 is 6.77. The quantitative estimate of drug-likeness (QED) is 0.321. The molecule has 3 heterocycles. The molecular weight excluding hydrogens is 552 g/mol. The monoisotopic (exact) mass is 568 g/mol. The average molecular weight is 570 g/mol. The molecule has 2 aromatic heterocycles. The van der Waals surface area contributed by atoms with E-state index in [1.165, 1.54) is 18.9 Å². The first-order chi connectivity index (χ1) is 16.0. The van der Waals surface area contributed by atoms with Crippen LogP contribution in [0, 0.1) is 0 Å². The number of fused-ring (bicyclic) bond motifs is 1. The van der Waals surface area contributed by atoms with Crippen LogP contribution < -0.4 is 15.8 Å². The molecule has 0 spiro atoms. The van der Waals surface area contributed by atoms with Crippen LogP contribution in [-0.2, 0) is 0 Å². The fourth-order valence-electron chi connectivity index (χ4n) is 3.83. The number of anilines is 2. The smallest absolute Gasteiger partial charge is 0.349 e. The van der Waals surface area contributed by atoms with Crippen molar-refractivity contribution in [1.82, 2.24) is 10.2 Å². The molecule has 0 atom stereocenters. The normalized spacial score (nSPS) is 13.5. The molecule has 2 aromatic carbocycles.